The van der Waals surface area contributed by atoms with Gasteiger partial charge >= 0.3 is 0 Å². The molecule has 0 atom stereocenters. The number of nitrogens with one attached hydrogen (secondary N) is 1. The third-order valence-electron chi connectivity index (χ3n) is 2.69. The molecule has 0 amide bonds. The molecule has 1 aromatic heterocycles. The van der Waals surface area contributed by atoms with Crippen LogP contribution in [0.2, 0.25) is 0 Å². The highest BCUT2D eigenvalue weighted by Gasteiger charge is 2.01. The minimum atomic E-state index is 0.694. The molecule has 1 heterocycles. The van der Waals surface area contributed by atoms with Crippen LogP contribution in [0.4, 0.5) is 0 Å². The molecular formula is C15H16N2OS. The van der Waals surface area contributed by atoms with E-state index >= 15 is 0 Å². The van der Waals surface area contributed by atoms with Crippen molar-refractivity contribution in [1.29, 1.82) is 5.26 Å². The Hall–Kier alpha value is -1.70. The second-order valence-corrected chi connectivity index (χ2v) is 5.08. The van der Waals surface area contributed by atoms with Crippen molar-refractivity contribution in [3.8, 4) is 6.07 Å². The van der Waals surface area contributed by atoms with Crippen LogP contribution in [0.25, 0.3) is 0 Å². The first-order chi connectivity index (χ1) is 9.31. The smallest absolute Gasteiger partial charge is 0.118 e. The molecule has 1 aromatic carbocycles. The summed E-state index contributed by atoms with van der Waals surface area (Å²) in [5.74, 6) is 2.86. The Morgan fingerprint density at radius 1 is 1.21 bits per heavy atom. The minimum absolute atomic E-state index is 0.694. The van der Waals surface area contributed by atoms with Crippen molar-refractivity contribution in [2.24, 2.45) is 0 Å². The summed E-state index contributed by atoms with van der Waals surface area (Å²) in [5, 5.41) is 12.1. The first-order valence-corrected chi connectivity index (χ1v) is 7.47. The second kappa shape index (κ2) is 7.03. The number of benzene rings is 1. The van der Waals surface area contributed by atoms with E-state index in [1.165, 1.54) is 0 Å². The SMILES string of the molecule is CSCc1ccc(CNCc2cccc(C#N)c2)o1. The van der Waals surface area contributed by atoms with E-state index in [-0.39, 0.29) is 0 Å². The van der Waals surface area contributed by atoms with Gasteiger partial charge in [0, 0.05) is 6.54 Å². The van der Waals surface area contributed by atoms with Gasteiger partial charge in [0.15, 0.2) is 0 Å². The van der Waals surface area contributed by atoms with Crippen molar-refractivity contribution in [2.75, 3.05) is 6.26 Å². The Morgan fingerprint density at radius 3 is 2.84 bits per heavy atom. The van der Waals surface area contributed by atoms with E-state index in [4.69, 9.17) is 9.68 Å². The third kappa shape index (κ3) is 4.16. The van der Waals surface area contributed by atoms with Crippen molar-refractivity contribution in [3.05, 3.63) is 59.0 Å². The zero-order chi connectivity index (χ0) is 13.5. The van der Waals surface area contributed by atoms with E-state index in [1.54, 1.807) is 11.8 Å². The van der Waals surface area contributed by atoms with Crippen LogP contribution in [0.1, 0.15) is 22.6 Å². The Morgan fingerprint density at radius 2 is 2.05 bits per heavy atom. The third-order valence-corrected chi connectivity index (χ3v) is 3.26. The summed E-state index contributed by atoms with van der Waals surface area (Å²) in [6.45, 7) is 1.43. The number of rotatable bonds is 6. The highest BCUT2D eigenvalue weighted by molar-refractivity contribution is 7.97. The fourth-order valence-electron chi connectivity index (χ4n) is 1.82. The van der Waals surface area contributed by atoms with Gasteiger partial charge in [-0.05, 0) is 36.1 Å². The molecule has 0 saturated heterocycles. The van der Waals surface area contributed by atoms with Crippen LogP contribution in [-0.2, 0) is 18.8 Å². The zero-order valence-corrected chi connectivity index (χ0v) is 11.7. The Balaban J connectivity index is 1.83. The summed E-state index contributed by atoms with van der Waals surface area (Å²) in [7, 11) is 0. The zero-order valence-electron chi connectivity index (χ0n) is 10.8. The van der Waals surface area contributed by atoms with Gasteiger partial charge in [-0.15, -0.1) is 0 Å². The fourth-order valence-corrected chi connectivity index (χ4v) is 2.26. The lowest BCUT2D eigenvalue weighted by Gasteiger charge is -2.03. The minimum Gasteiger partial charge on any atom is -0.464 e. The quantitative estimate of drug-likeness (QED) is 0.876. The van der Waals surface area contributed by atoms with Gasteiger partial charge in [-0.25, -0.2) is 0 Å². The number of nitriles is 1. The first kappa shape index (κ1) is 13.7. The van der Waals surface area contributed by atoms with Gasteiger partial charge in [0.2, 0.25) is 0 Å². The molecule has 0 radical (unpaired) electrons. The van der Waals surface area contributed by atoms with Gasteiger partial charge in [-0.3, -0.25) is 0 Å². The number of hydrogen-bond donors (Lipinski definition) is 1. The maximum absolute atomic E-state index is 8.83. The van der Waals surface area contributed by atoms with Crippen molar-refractivity contribution in [2.45, 2.75) is 18.8 Å². The van der Waals surface area contributed by atoms with Crippen molar-refractivity contribution in [3.63, 3.8) is 0 Å². The number of nitrogens with zero attached hydrogens (tertiary/aromatic N) is 1. The molecule has 1 N–H and O–H groups in total. The van der Waals surface area contributed by atoms with Crippen LogP contribution >= 0.6 is 11.8 Å². The maximum atomic E-state index is 8.83. The van der Waals surface area contributed by atoms with E-state index in [0.29, 0.717) is 12.1 Å². The molecule has 19 heavy (non-hydrogen) atoms. The molecule has 0 aliphatic carbocycles. The van der Waals surface area contributed by atoms with Gasteiger partial charge in [-0.1, -0.05) is 12.1 Å². The molecule has 0 fully saturated rings. The van der Waals surface area contributed by atoms with E-state index in [2.05, 4.69) is 17.6 Å². The Labute approximate surface area is 117 Å². The van der Waals surface area contributed by atoms with Crippen molar-refractivity contribution < 1.29 is 4.42 Å². The molecule has 98 valence electrons. The first-order valence-electron chi connectivity index (χ1n) is 6.08. The lowest BCUT2D eigenvalue weighted by atomic mass is 10.1. The second-order valence-electron chi connectivity index (χ2n) is 4.22. The van der Waals surface area contributed by atoms with Gasteiger partial charge in [0.05, 0.1) is 23.9 Å². The van der Waals surface area contributed by atoms with E-state index in [9.17, 15) is 0 Å². The van der Waals surface area contributed by atoms with Crippen LogP contribution in [0, 0.1) is 11.3 Å². The summed E-state index contributed by atoms with van der Waals surface area (Å²) < 4.78 is 5.67. The largest absolute Gasteiger partial charge is 0.464 e. The van der Waals surface area contributed by atoms with E-state index in [1.807, 2.05) is 36.4 Å². The Bertz CT molecular complexity index is 572. The van der Waals surface area contributed by atoms with Crippen LogP contribution in [0.15, 0.2) is 40.8 Å². The average molecular weight is 272 g/mol. The van der Waals surface area contributed by atoms with Crippen molar-refractivity contribution >= 4 is 11.8 Å². The lowest BCUT2D eigenvalue weighted by Crippen LogP contribution is -2.12. The standard InChI is InChI=1S/C15H16N2OS/c1-19-11-15-6-5-14(18-15)10-17-9-13-4-2-3-12(7-13)8-16/h2-7,17H,9-11H2,1H3. The van der Waals surface area contributed by atoms with Crippen LogP contribution < -0.4 is 5.32 Å². The predicted molar refractivity (Wildman–Crippen MR) is 77.6 cm³/mol. The summed E-state index contributed by atoms with van der Waals surface area (Å²) in [5.41, 5.74) is 1.80. The molecule has 3 nitrogen and oxygen atoms in total. The van der Waals surface area contributed by atoms with Crippen LogP contribution in [-0.4, -0.2) is 6.26 Å². The average Bonchev–Trinajstić information content (AvgIpc) is 2.87. The summed E-state index contributed by atoms with van der Waals surface area (Å²) in [4.78, 5) is 0. The number of furan rings is 1. The molecule has 0 spiro atoms. The molecule has 0 aliphatic rings. The fraction of sp³-hybridized carbons (Fsp3) is 0.267. The Kier molecular flexibility index (Phi) is 5.08. The van der Waals surface area contributed by atoms with Gasteiger partial charge in [0.1, 0.15) is 11.5 Å². The topological polar surface area (TPSA) is 49.0 Å². The summed E-state index contributed by atoms with van der Waals surface area (Å²) in [6, 6.07) is 13.8. The molecule has 2 rings (SSSR count). The lowest BCUT2D eigenvalue weighted by molar-refractivity contribution is 0.459. The summed E-state index contributed by atoms with van der Waals surface area (Å²) >= 11 is 1.75. The summed E-state index contributed by atoms with van der Waals surface area (Å²) in [6.07, 6.45) is 2.06. The van der Waals surface area contributed by atoms with Crippen LogP contribution in [0.3, 0.4) is 0 Å². The molecule has 0 unspecified atom stereocenters. The highest BCUT2D eigenvalue weighted by Crippen LogP contribution is 2.13. The van der Waals surface area contributed by atoms with Crippen LogP contribution in [0.5, 0.6) is 0 Å². The molecular weight excluding hydrogens is 256 g/mol. The molecule has 0 bridgehead atoms. The molecule has 0 aliphatic heterocycles. The van der Waals surface area contributed by atoms with Gasteiger partial charge in [0.25, 0.3) is 0 Å². The van der Waals surface area contributed by atoms with Gasteiger partial charge in [-0.2, -0.15) is 17.0 Å². The molecule has 0 saturated carbocycles. The van der Waals surface area contributed by atoms with Gasteiger partial charge < -0.3 is 9.73 Å². The predicted octanol–water partition coefficient (Wildman–Crippen LogP) is 3.30. The van der Waals surface area contributed by atoms with E-state index < -0.39 is 0 Å². The molecule has 2 aromatic rings. The normalized spacial score (nSPS) is 10.3. The molecule has 4 heteroatoms. The number of hydrogen-bond acceptors (Lipinski definition) is 4. The van der Waals surface area contributed by atoms with E-state index in [0.717, 1.165) is 29.4 Å². The maximum Gasteiger partial charge on any atom is 0.118 e. The monoisotopic (exact) mass is 272 g/mol. The highest BCUT2D eigenvalue weighted by atomic mass is 32.2. The van der Waals surface area contributed by atoms with Crippen molar-refractivity contribution in [1.82, 2.24) is 5.32 Å². The number of thioether (sulfide) groups is 1.